The number of methoxy groups -OCH3 is 1. The van der Waals surface area contributed by atoms with Crippen LogP contribution in [0.2, 0.25) is 12.1 Å². The molecule has 0 bridgehead atoms. The molecule has 0 N–H and O–H groups in total. The van der Waals surface area contributed by atoms with Crippen LogP contribution >= 0.6 is 0 Å². The number of fused-ring (bicyclic) bond motifs is 1. The Balaban J connectivity index is 2.07. The highest BCUT2D eigenvalue weighted by Gasteiger charge is 2.51. The lowest BCUT2D eigenvalue weighted by Gasteiger charge is -2.43. The van der Waals surface area contributed by atoms with Gasteiger partial charge >= 0.3 is 5.97 Å². The minimum Gasteiger partial charge on any atom is -0.497 e. The van der Waals surface area contributed by atoms with Gasteiger partial charge in [0.15, 0.2) is 0 Å². The van der Waals surface area contributed by atoms with Crippen molar-refractivity contribution in [1.82, 2.24) is 0 Å². The van der Waals surface area contributed by atoms with Crippen molar-refractivity contribution in [3.63, 3.8) is 0 Å². The topological polar surface area (TPSA) is 35.5 Å². The summed E-state index contributed by atoms with van der Waals surface area (Å²) in [5.41, 5.74) is 0.328. The first-order valence-corrected chi connectivity index (χ1v) is 9.92. The normalized spacial score (nSPS) is 32.4. The van der Waals surface area contributed by atoms with Crippen molar-refractivity contribution >= 4 is 19.2 Å². The van der Waals surface area contributed by atoms with Crippen LogP contribution in [0.25, 0.3) is 0 Å². The molecule has 2 aliphatic rings. The summed E-state index contributed by atoms with van der Waals surface area (Å²) >= 11 is 0. The Bertz CT molecular complexity index is 554. The predicted octanol–water partition coefficient (Wildman–Crippen LogP) is 2.41. The molecule has 3 atom stereocenters. The molecule has 4 heteroatoms. The summed E-state index contributed by atoms with van der Waals surface area (Å²) in [4.78, 5) is 12.0. The summed E-state index contributed by atoms with van der Waals surface area (Å²) in [6.07, 6.45) is 6.93. The smallest absolute Gasteiger partial charge is 0.308 e. The average molecular weight is 288 g/mol. The quantitative estimate of drug-likeness (QED) is 0.476. The minimum atomic E-state index is -1.94. The van der Waals surface area contributed by atoms with E-state index in [1.165, 1.54) is 5.19 Å². The Morgan fingerprint density at radius 3 is 2.95 bits per heavy atom. The summed E-state index contributed by atoms with van der Waals surface area (Å²) < 4.78 is 11.1. The van der Waals surface area contributed by atoms with E-state index in [9.17, 15) is 4.79 Å². The first kappa shape index (κ1) is 13.4. The number of ether oxygens (including phenoxy) is 2. The van der Waals surface area contributed by atoms with E-state index >= 15 is 0 Å². The Morgan fingerprint density at radius 2 is 2.15 bits per heavy atom. The largest absolute Gasteiger partial charge is 0.497 e. The third-order valence-electron chi connectivity index (χ3n) is 4.70. The minimum absolute atomic E-state index is 0.0146. The fourth-order valence-electron chi connectivity index (χ4n) is 3.55. The van der Waals surface area contributed by atoms with Crippen molar-refractivity contribution in [2.24, 2.45) is 5.92 Å². The molecule has 1 aliphatic heterocycles. The molecule has 0 saturated carbocycles. The van der Waals surface area contributed by atoms with Gasteiger partial charge in [-0.15, -0.1) is 0 Å². The van der Waals surface area contributed by atoms with Gasteiger partial charge in [0.2, 0.25) is 0 Å². The molecule has 0 spiro atoms. The van der Waals surface area contributed by atoms with Crippen molar-refractivity contribution in [3.8, 4) is 5.75 Å². The zero-order chi connectivity index (χ0) is 14.2. The molecule has 0 aromatic heterocycles. The van der Waals surface area contributed by atoms with Gasteiger partial charge in [0.1, 0.15) is 13.8 Å². The summed E-state index contributed by atoms with van der Waals surface area (Å²) in [5, 5.41) is 1.26. The first-order valence-electron chi connectivity index (χ1n) is 7.13. The van der Waals surface area contributed by atoms with Crippen LogP contribution in [0.3, 0.4) is 0 Å². The number of allylic oxidation sites excluding steroid dienone is 2. The van der Waals surface area contributed by atoms with Gasteiger partial charge in [-0.2, -0.15) is 0 Å². The van der Waals surface area contributed by atoms with Gasteiger partial charge < -0.3 is 9.47 Å². The van der Waals surface area contributed by atoms with E-state index < -0.39 is 8.07 Å². The number of cyclic esters (lactones) is 1. The lowest BCUT2D eigenvalue weighted by atomic mass is 9.94. The van der Waals surface area contributed by atoms with Crippen LogP contribution in [0, 0.1) is 5.92 Å². The molecule has 1 aromatic carbocycles. The average Bonchev–Trinajstić information content (AvgIpc) is 2.51. The number of benzene rings is 1. The highest BCUT2D eigenvalue weighted by molar-refractivity contribution is 6.93. The molecule has 0 radical (unpaired) electrons. The Morgan fingerprint density at radius 1 is 1.35 bits per heavy atom. The third-order valence-corrected chi connectivity index (χ3v) is 9.15. The maximum atomic E-state index is 12.0. The molecule has 106 valence electrons. The molecule has 1 heterocycles. The standard InChI is InChI=1S/C16H20O3Si/c1-18-13-8-4-6-10-15(13)20(2)11-19-16(17)12-7-3-5-9-14(12)20/h4-6,8-10,12,14H,3,7,11H2,1-2H3/t12-,14+,20+/m0/s1. The second kappa shape index (κ2) is 5.09. The van der Waals surface area contributed by atoms with Gasteiger partial charge in [0, 0.05) is 0 Å². The van der Waals surface area contributed by atoms with Crippen molar-refractivity contribution < 1.29 is 14.3 Å². The number of hydrogen-bond donors (Lipinski definition) is 0. The van der Waals surface area contributed by atoms with Crippen molar-refractivity contribution in [2.75, 3.05) is 13.3 Å². The summed E-state index contributed by atoms with van der Waals surface area (Å²) in [6.45, 7) is 2.31. The molecule has 1 saturated heterocycles. The molecule has 20 heavy (non-hydrogen) atoms. The summed E-state index contributed by atoms with van der Waals surface area (Å²) in [5.74, 6) is 0.951. The van der Waals surface area contributed by atoms with Crippen LogP contribution in [-0.2, 0) is 9.53 Å². The SMILES string of the molecule is COc1ccccc1[Si@]1(C)COC(=O)[C@H]2CCC=C[C@H]21. The lowest BCUT2D eigenvalue weighted by Crippen LogP contribution is -2.60. The van der Waals surface area contributed by atoms with Gasteiger partial charge in [-0.25, -0.2) is 0 Å². The molecular weight excluding hydrogens is 268 g/mol. The van der Waals surface area contributed by atoms with Crippen molar-refractivity contribution in [1.29, 1.82) is 0 Å². The fourth-order valence-corrected chi connectivity index (χ4v) is 7.68. The van der Waals surface area contributed by atoms with Crippen molar-refractivity contribution in [3.05, 3.63) is 36.4 Å². The number of carbonyl (C=O) groups is 1. The van der Waals surface area contributed by atoms with Crippen molar-refractivity contribution in [2.45, 2.75) is 24.9 Å². The van der Waals surface area contributed by atoms with E-state index in [0.717, 1.165) is 18.6 Å². The third kappa shape index (κ3) is 1.99. The highest BCUT2D eigenvalue weighted by atomic mass is 28.3. The highest BCUT2D eigenvalue weighted by Crippen LogP contribution is 2.42. The van der Waals surface area contributed by atoms with Crippen LogP contribution in [0.1, 0.15) is 12.8 Å². The molecule has 3 rings (SSSR count). The number of carbonyl (C=O) groups excluding carboxylic acids is 1. The molecular formula is C16H20O3Si. The zero-order valence-electron chi connectivity index (χ0n) is 12.0. The van der Waals surface area contributed by atoms with E-state index in [4.69, 9.17) is 9.47 Å². The van der Waals surface area contributed by atoms with Gasteiger partial charge in [0.25, 0.3) is 0 Å². The van der Waals surface area contributed by atoms with Crippen LogP contribution in [0.4, 0.5) is 0 Å². The van der Waals surface area contributed by atoms with Crippen LogP contribution in [0.15, 0.2) is 36.4 Å². The Kier molecular flexibility index (Phi) is 3.42. The van der Waals surface area contributed by atoms with E-state index in [1.807, 2.05) is 18.2 Å². The molecule has 0 unspecified atom stereocenters. The van der Waals surface area contributed by atoms with E-state index in [0.29, 0.717) is 11.8 Å². The van der Waals surface area contributed by atoms with E-state index in [1.54, 1.807) is 7.11 Å². The molecule has 0 amide bonds. The number of esters is 1. The Hall–Kier alpha value is -1.55. The van der Waals surface area contributed by atoms with Gasteiger partial charge in [-0.05, 0) is 29.6 Å². The van der Waals surface area contributed by atoms with Gasteiger partial charge in [-0.3, -0.25) is 4.79 Å². The van der Waals surface area contributed by atoms with E-state index in [2.05, 4.69) is 24.8 Å². The van der Waals surface area contributed by atoms with E-state index in [-0.39, 0.29) is 11.9 Å². The predicted molar refractivity (Wildman–Crippen MR) is 80.8 cm³/mol. The second-order valence-corrected chi connectivity index (χ2v) is 10.2. The lowest BCUT2D eigenvalue weighted by molar-refractivity contribution is -0.148. The first-order chi connectivity index (χ1) is 9.66. The van der Waals surface area contributed by atoms with Crippen LogP contribution < -0.4 is 9.92 Å². The summed E-state index contributed by atoms with van der Waals surface area (Å²) in [7, 11) is -0.229. The van der Waals surface area contributed by atoms with Gasteiger partial charge in [-0.1, -0.05) is 36.9 Å². The maximum Gasteiger partial charge on any atom is 0.308 e. The van der Waals surface area contributed by atoms with Gasteiger partial charge in [0.05, 0.1) is 19.3 Å². The van der Waals surface area contributed by atoms with Crippen LogP contribution in [-0.4, -0.2) is 27.4 Å². The molecule has 1 fully saturated rings. The zero-order valence-corrected chi connectivity index (χ0v) is 13.0. The maximum absolute atomic E-state index is 12.0. The number of rotatable bonds is 2. The monoisotopic (exact) mass is 288 g/mol. The second-order valence-electron chi connectivity index (χ2n) is 5.86. The number of para-hydroxylation sites is 1. The molecule has 3 nitrogen and oxygen atoms in total. The fraction of sp³-hybridized carbons (Fsp3) is 0.438. The van der Waals surface area contributed by atoms with Crippen LogP contribution in [0.5, 0.6) is 5.75 Å². The molecule has 1 aromatic rings. The molecule has 1 aliphatic carbocycles. The Labute approximate surface area is 120 Å². The number of hydrogen-bond acceptors (Lipinski definition) is 3. The summed E-state index contributed by atoms with van der Waals surface area (Å²) in [6, 6.07) is 8.19.